The molecule has 21 heavy (non-hydrogen) atoms. The van der Waals surface area contributed by atoms with Crippen molar-refractivity contribution in [2.24, 2.45) is 11.3 Å². The second kappa shape index (κ2) is 7.35. The Hall–Kier alpha value is -0.960. The van der Waals surface area contributed by atoms with Crippen LogP contribution in [0.3, 0.4) is 0 Å². The molecule has 0 aromatic heterocycles. The predicted octanol–water partition coefficient (Wildman–Crippen LogP) is 4.87. The molecule has 1 aromatic rings. The summed E-state index contributed by atoms with van der Waals surface area (Å²) in [6, 6.07) is 3.68. The molecule has 1 saturated carbocycles. The van der Waals surface area contributed by atoms with E-state index in [1.54, 1.807) is 0 Å². The summed E-state index contributed by atoms with van der Waals surface area (Å²) in [4.78, 5) is 0. The Labute approximate surface area is 126 Å². The van der Waals surface area contributed by atoms with E-state index in [-0.39, 0.29) is 12.0 Å². The van der Waals surface area contributed by atoms with Crippen LogP contribution >= 0.6 is 0 Å². The van der Waals surface area contributed by atoms with Gasteiger partial charge < -0.3 is 5.11 Å². The Bertz CT molecular complexity index is 430. The molecule has 118 valence electrons. The van der Waals surface area contributed by atoms with Gasteiger partial charge in [-0.1, -0.05) is 26.2 Å². The van der Waals surface area contributed by atoms with E-state index in [2.05, 4.69) is 6.92 Å². The summed E-state index contributed by atoms with van der Waals surface area (Å²) < 4.78 is 26.6. The fourth-order valence-electron chi connectivity index (χ4n) is 3.61. The zero-order valence-electron chi connectivity index (χ0n) is 12.9. The van der Waals surface area contributed by atoms with Gasteiger partial charge in [-0.15, -0.1) is 0 Å². The van der Waals surface area contributed by atoms with E-state index in [1.165, 1.54) is 31.4 Å². The molecule has 1 aromatic carbocycles. The fourth-order valence-corrected chi connectivity index (χ4v) is 3.61. The first-order valence-corrected chi connectivity index (χ1v) is 8.13. The summed E-state index contributed by atoms with van der Waals surface area (Å²) in [6.45, 7) is 2.31. The molecule has 0 saturated heterocycles. The second-order valence-corrected chi connectivity index (χ2v) is 6.70. The lowest BCUT2D eigenvalue weighted by Crippen LogP contribution is -2.33. The molecule has 1 aliphatic rings. The van der Waals surface area contributed by atoms with E-state index in [9.17, 15) is 13.9 Å². The zero-order valence-corrected chi connectivity index (χ0v) is 12.9. The molecule has 0 unspecified atom stereocenters. The Morgan fingerprint density at radius 3 is 2.29 bits per heavy atom. The molecule has 1 fully saturated rings. The van der Waals surface area contributed by atoms with Gasteiger partial charge in [0.05, 0.1) is 0 Å². The van der Waals surface area contributed by atoms with Gasteiger partial charge in [-0.2, -0.15) is 0 Å². The van der Waals surface area contributed by atoms with Gasteiger partial charge in [-0.05, 0) is 61.1 Å². The zero-order chi connectivity index (χ0) is 15.3. The van der Waals surface area contributed by atoms with Gasteiger partial charge in [0.1, 0.15) is 11.6 Å². The molecule has 1 N–H and O–H groups in total. The first kappa shape index (κ1) is 16.4. The van der Waals surface area contributed by atoms with Crippen LogP contribution in [0.15, 0.2) is 18.2 Å². The normalized spacial score (nSPS) is 26.0. The maximum absolute atomic E-state index is 13.3. The highest BCUT2D eigenvalue weighted by atomic mass is 19.1. The molecule has 0 bridgehead atoms. The largest absolute Gasteiger partial charge is 0.396 e. The maximum Gasteiger partial charge on any atom is 0.126 e. The Morgan fingerprint density at radius 1 is 1.14 bits per heavy atom. The standard InChI is InChI=1S/C18H26F2O/c1-2-3-4-14-5-7-18(13-21,8-6-14)12-15-9-16(19)11-17(20)10-15/h9-11,14,21H,2-8,12-13H2,1H3. The maximum atomic E-state index is 13.3. The number of benzene rings is 1. The number of halogens is 2. The minimum Gasteiger partial charge on any atom is -0.396 e. The van der Waals surface area contributed by atoms with Gasteiger partial charge in [0.15, 0.2) is 0 Å². The van der Waals surface area contributed by atoms with Crippen LogP contribution in [0.4, 0.5) is 8.78 Å². The lowest BCUT2D eigenvalue weighted by Gasteiger charge is -2.39. The van der Waals surface area contributed by atoms with Crippen LogP contribution < -0.4 is 0 Å². The number of hydrogen-bond acceptors (Lipinski definition) is 1. The highest BCUT2D eigenvalue weighted by Gasteiger charge is 2.34. The van der Waals surface area contributed by atoms with Crippen molar-refractivity contribution in [3.05, 3.63) is 35.4 Å². The monoisotopic (exact) mass is 296 g/mol. The van der Waals surface area contributed by atoms with Crippen LogP contribution in [0.5, 0.6) is 0 Å². The Balaban J connectivity index is 1.99. The summed E-state index contributed by atoms with van der Waals surface area (Å²) in [6.07, 6.45) is 8.49. The number of aliphatic hydroxyl groups excluding tert-OH is 1. The number of unbranched alkanes of at least 4 members (excludes halogenated alkanes) is 1. The molecular formula is C18H26F2O. The van der Waals surface area contributed by atoms with E-state index < -0.39 is 11.6 Å². The van der Waals surface area contributed by atoms with Crippen molar-refractivity contribution in [1.82, 2.24) is 0 Å². The van der Waals surface area contributed by atoms with Crippen LogP contribution in [0.25, 0.3) is 0 Å². The van der Waals surface area contributed by atoms with Crippen LogP contribution in [0.1, 0.15) is 57.4 Å². The molecule has 0 spiro atoms. The third kappa shape index (κ3) is 4.50. The van der Waals surface area contributed by atoms with Crippen molar-refractivity contribution in [1.29, 1.82) is 0 Å². The number of hydrogen-bond donors (Lipinski definition) is 1. The molecule has 0 radical (unpaired) electrons. The highest BCUT2D eigenvalue weighted by Crippen LogP contribution is 2.42. The van der Waals surface area contributed by atoms with Crippen LogP contribution in [0.2, 0.25) is 0 Å². The van der Waals surface area contributed by atoms with Crippen molar-refractivity contribution < 1.29 is 13.9 Å². The molecule has 0 aliphatic heterocycles. The van der Waals surface area contributed by atoms with Gasteiger partial charge >= 0.3 is 0 Å². The number of rotatable bonds is 6. The van der Waals surface area contributed by atoms with Crippen molar-refractivity contribution >= 4 is 0 Å². The summed E-state index contributed by atoms with van der Waals surface area (Å²) >= 11 is 0. The van der Waals surface area contributed by atoms with Gasteiger partial charge in [0, 0.05) is 12.7 Å². The van der Waals surface area contributed by atoms with Crippen LogP contribution in [-0.2, 0) is 6.42 Å². The molecule has 0 atom stereocenters. The van der Waals surface area contributed by atoms with E-state index in [4.69, 9.17) is 0 Å². The van der Waals surface area contributed by atoms with Crippen molar-refractivity contribution in [3.8, 4) is 0 Å². The number of aliphatic hydroxyl groups is 1. The lowest BCUT2D eigenvalue weighted by atomic mass is 9.67. The van der Waals surface area contributed by atoms with Gasteiger partial charge in [0.2, 0.25) is 0 Å². The summed E-state index contributed by atoms with van der Waals surface area (Å²) in [5.74, 6) is -0.307. The third-order valence-corrected chi connectivity index (χ3v) is 4.97. The smallest absolute Gasteiger partial charge is 0.126 e. The minimum absolute atomic E-state index is 0.103. The van der Waals surface area contributed by atoms with Crippen molar-refractivity contribution in [3.63, 3.8) is 0 Å². The molecule has 0 heterocycles. The topological polar surface area (TPSA) is 20.2 Å². The molecule has 0 amide bonds. The average Bonchev–Trinajstić information content (AvgIpc) is 2.45. The molecular weight excluding hydrogens is 270 g/mol. The Kier molecular flexibility index (Phi) is 5.74. The second-order valence-electron chi connectivity index (χ2n) is 6.70. The van der Waals surface area contributed by atoms with Crippen molar-refractivity contribution in [2.75, 3.05) is 6.61 Å². The van der Waals surface area contributed by atoms with Crippen LogP contribution in [0, 0.1) is 23.0 Å². The SMILES string of the molecule is CCCCC1CCC(CO)(Cc2cc(F)cc(F)c2)CC1. The summed E-state index contributed by atoms with van der Waals surface area (Å²) in [5.41, 5.74) is 0.469. The molecule has 2 rings (SSSR count). The first-order valence-electron chi connectivity index (χ1n) is 8.13. The summed E-state index contributed by atoms with van der Waals surface area (Å²) in [5, 5.41) is 9.82. The highest BCUT2D eigenvalue weighted by molar-refractivity contribution is 5.19. The molecule has 3 heteroatoms. The van der Waals surface area contributed by atoms with Crippen molar-refractivity contribution in [2.45, 2.75) is 58.3 Å². The minimum atomic E-state index is -0.533. The molecule has 1 nitrogen and oxygen atoms in total. The fraction of sp³-hybridized carbons (Fsp3) is 0.667. The van der Waals surface area contributed by atoms with Gasteiger partial charge in [0.25, 0.3) is 0 Å². The summed E-state index contributed by atoms with van der Waals surface area (Å²) in [7, 11) is 0. The quantitative estimate of drug-likeness (QED) is 0.794. The predicted molar refractivity (Wildman–Crippen MR) is 81.1 cm³/mol. The van der Waals surface area contributed by atoms with Crippen LogP contribution in [-0.4, -0.2) is 11.7 Å². The van der Waals surface area contributed by atoms with E-state index in [0.717, 1.165) is 37.7 Å². The van der Waals surface area contributed by atoms with Gasteiger partial charge in [-0.3, -0.25) is 0 Å². The van der Waals surface area contributed by atoms with E-state index >= 15 is 0 Å². The van der Waals surface area contributed by atoms with E-state index in [0.29, 0.717) is 12.0 Å². The Morgan fingerprint density at radius 2 is 1.76 bits per heavy atom. The molecule has 1 aliphatic carbocycles. The van der Waals surface area contributed by atoms with Gasteiger partial charge in [-0.25, -0.2) is 8.78 Å². The lowest BCUT2D eigenvalue weighted by molar-refractivity contribution is 0.0619. The third-order valence-electron chi connectivity index (χ3n) is 4.97. The van der Waals surface area contributed by atoms with E-state index in [1.807, 2.05) is 0 Å². The first-order chi connectivity index (χ1) is 10.1. The average molecular weight is 296 g/mol.